The molecule has 2 aliphatic heterocycles. The third kappa shape index (κ3) is 2.12. The molecular weight excluding hydrogens is 172 g/mol. The second-order valence-corrected chi connectivity index (χ2v) is 4.45. The molecule has 0 aromatic rings. The van der Waals surface area contributed by atoms with Crippen molar-refractivity contribution in [2.75, 3.05) is 13.1 Å². The quantitative estimate of drug-likeness (QED) is 0.700. The van der Waals surface area contributed by atoms with E-state index in [2.05, 4.69) is 24.1 Å². The molecule has 1 unspecified atom stereocenters. The molecule has 2 rings (SSSR count). The smallest absolute Gasteiger partial charge is 0.0726 e. The molecule has 2 fully saturated rings. The summed E-state index contributed by atoms with van der Waals surface area (Å²) in [5, 5.41) is 3.62. The van der Waals surface area contributed by atoms with Crippen molar-refractivity contribution in [3.63, 3.8) is 0 Å². The lowest BCUT2D eigenvalue weighted by molar-refractivity contribution is -0.0547. The van der Waals surface area contributed by atoms with E-state index in [0.29, 0.717) is 11.7 Å². The van der Waals surface area contributed by atoms with E-state index in [4.69, 9.17) is 0 Å². The molecular formula is C12H28N2. The number of piperidine rings is 1. The van der Waals surface area contributed by atoms with Crippen molar-refractivity contribution in [1.29, 1.82) is 0 Å². The molecule has 0 amide bonds. The monoisotopic (exact) mass is 200 g/mol. The lowest BCUT2D eigenvalue weighted by Gasteiger charge is -2.55. The first-order valence-corrected chi connectivity index (χ1v) is 6.26. The lowest BCUT2D eigenvalue weighted by atomic mass is 9.85. The van der Waals surface area contributed by atoms with Crippen LogP contribution in [0, 0.1) is 0 Å². The fraction of sp³-hybridized carbons (Fsp3) is 1.00. The zero-order valence-corrected chi connectivity index (χ0v) is 10.3. The van der Waals surface area contributed by atoms with Crippen LogP contribution in [0.1, 0.15) is 54.8 Å². The topological polar surface area (TPSA) is 15.3 Å². The van der Waals surface area contributed by atoms with Gasteiger partial charge in [-0.15, -0.1) is 0 Å². The van der Waals surface area contributed by atoms with E-state index in [1.807, 2.05) is 13.8 Å². The largest absolute Gasteiger partial charge is 0.299 e. The number of hydrogen-bond donors (Lipinski definition) is 1. The Morgan fingerprint density at radius 1 is 1.21 bits per heavy atom. The average molecular weight is 200 g/mol. The fourth-order valence-corrected chi connectivity index (χ4v) is 2.68. The zero-order chi connectivity index (χ0) is 10.6. The van der Waals surface area contributed by atoms with Crippen LogP contribution in [0.2, 0.25) is 0 Å². The van der Waals surface area contributed by atoms with Gasteiger partial charge in [0.05, 0.1) is 5.66 Å². The Hall–Kier alpha value is -0.0800. The van der Waals surface area contributed by atoms with Crippen LogP contribution in [0.25, 0.3) is 0 Å². The van der Waals surface area contributed by atoms with Crippen LogP contribution in [0.15, 0.2) is 0 Å². The van der Waals surface area contributed by atoms with E-state index in [0.717, 1.165) is 0 Å². The van der Waals surface area contributed by atoms with Crippen molar-refractivity contribution in [2.45, 2.75) is 65.1 Å². The second-order valence-electron chi connectivity index (χ2n) is 4.45. The van der Waals surface area contributed by atoms with Gasteiger partial charge < -0.3 is 0 Å². The predicted octanol–water partition coefficient (Wildman–Crippen LogP) is 2.84. The molecule has 0 aromatic heterocycles. The molecule has 1 N–H and O–H groups in total. The van der Waals surface area contributed by atoms with Crippen molar-refractivity contribution >= 4 is 0 Å². The van der Waals surface area contributed by atoms with Crippen LogP contribution >= 0.6 is 0 Å². The van der Waals surface area contributed by atoms with Crippen molar-refractivity contribution in [1.82, 2.24) is 10.2 Å². The molecule has 1 spiro atoms. The van der Waals surface area contributed by atoms with E-state index in [-0.39, 0.29) is 1.43 Å². The van der Waals surface area contributed by atoms with Crippen LogP contribution < -0.4 is 5.32 Å². The minimum Gasteiger partial charge on any atom is -0.299 e. The summed E-state index contributed by atoms with van der Waals surface area (Å²) in [4.78, 5) is 2.65. The number of rotatable bonds is 1. The highest BCUT2D eigenvalue weighted by Crippen LogP contribution is 2.34. The second kappa shape index (κ2) is 5.13. The molecule has 0 aromatic carbocycles. The average Bonchev–Trinajstić information content (AvgIpc) is 2.18. The Bertz CT molecular complexity index is 167. The molecule has 0 bridgehead atoms. The maximum absolute atomic E-state index is 3.62. The zero-order valence-electron chi connectivity index (χ0n) is 10.3. The van der Waals surface area contributed by atoms with Gasteiger partial charge in [0.2, 0.25) is 0 Å². The van der Waals surface area contributed by atoms with Gasteiger partial charge in [0.15, 0.2) is 0 Å². The number of nitrogens with zero attached hydrogens (tertiary/aromatic N) is 1. The number of hydrogen-bond acceptors (Lipinski definition) is 2. The molecule has 2 nitrogen and oxygen atoms in total. The third-order valence-corrected chi connectivity index (χ3v) is 3.41. The van der Waals surface area contributed by atoms with Crippen molar-refractivity contribution in [3.05, 3.63) is 0 Å². The van der Waals surface area contributed by atoms with Gasteiger partial charge in [-0.1, -0.05) is 13.8 Å². The van der Waals surface area contributed by atoms with Gasteiger partial charge in [-0.2, -0.15) is 0 Å². The van der Waals surface area contributed by atoms with E-state index >= 15 is 0 Å². The van der Waals surface area contributed by atoms with Crippen molar-refractivity contribution in [2.24, 2.45) is 0 Å². The molecule has 0 radical (unpaired) electrons. The first-order valence-electron chi connectivity index (χ1n) is 6.26. The molecule has 1 atom stereocenters. The van der Waals surface area contributed by atoms with Crippen LogP contribution in [0.4, 0.5) is 0 Å². The molecule has 0 saturated carbocycles. The standard InChI is InChI=1S/C10H20N2.C2H6.H2/c1-9(2)12-8-4-3-5-10(12)6-7-11-10;1-2;/h9,11H,3-8H2,1-2H3;1-2H3;1H. The Morgan fingerprint density at radius 2 is 1.86 bits per heavy atom. The molecule has 86 valence electrons. The fourth-order valence-electron chi connectivity index (χ4n) is 2.68. The summed E-state index contributed by atoms with van der Waals surface area (Å²) < 4.78 is 0. The maximum Gasteiger partial charge on any atom is 0.0726 e. The number of likely N-dealkylation sites (tertiary alicyclic amines) is 1. The van der Waals surface area contributed by atoms with E-state index in [1.54, 1.807) is 0 Å². The molecule has 14 heavy (non-hydrogen) atoms. The van der Waals surface area contributed by atoms with Gasteiger partial charge in [0.25, 0.3) is 0 Å². The molecule has 0 aliphatic carbocycles. The normalized spacial score (nSPS) is 32.4. The summed E-state index contributed by atoms with van der Waals surface area (Å²) in [5.41, 5.74) is 0.423. The highest BCUT2D eigenvalue weighted by atomic mass is 15.4. The number of nitrogens with one attached hydrogen (secondary N) is 1. The first-order chi connectivity index (χ1) is 6.75. The highest BCUT2D eigenvalue weighted by molar-refractivity contribution is 4.99. The van der Waals surface area contributed by atoms with Crippen molar-refractivity contribution < 1.29 is 1.43 Å². The van der Waals surface area contributed by atoms with Crippen LogP contribution in [0.3, 0.4) is 0 Å². The molecule has 2 heterocycles. The lowest BCUT2D eigenvalue weighted by Crippen LogP contribution is -2.70. The van der Waals surface area contributed by atoms with Gasteiger partial charge in [0, 0.05) is 14.0 Å². The van der Waals surface area contributed by atoms with Gasteiger partial charge in [-0.05, 0) is 46.1 Å². The van der Waals surface area contributed by atoms with Crippen LogP contribution in [-0.2, 0) is 0 Å². The molecule has 2 saturated heterocycles. The molecule has 2 heteroatoms. The minimum atomic E-state index is 0. The Balaban J connectivity index is 0.000000617. The van der Waals surface area contributed by atoms with E-state index < -0.39 is 0 Å². The third-order valence-electron chi connectivity index (χ3n) is 3.41. The van der Waals surface area contributed by atoms with Crippen molar-refractivity contribution in [3.8, 4) is 0 Å². The Labute approximate surface area is 90.5 Å². The summed E-state index contributed by atoms with van der Waals surface area (Å²) in [6.07, 6.45) is 5.54. The van der Waals surface area contributed by atoms with Gasteiger partial charge in [0.1, 0.15) is 0 Å². The minimum absolute atomic E-state index is 0. The van der Waals surface area contributed by atoms with Crippen LogP contribution in [-0.4, -0.2) is 29.7 Å². The van der Waals surface area contributed by atoms with Gasteiger partial charge in [-0.25, -0.2) is 0 Å². The van der Waals surface area contributed by atoms with Gasteiger partial charge >= 0.3 is 0 Å². The highest BCUT2D eigenvalue weighted by Gasteiger charge is 2.44. The SMILES string of the molecule is CC.CC(C)N1CCCCC12CCN2.[HH]. The summed E-state index contributed by atoms with van der Waals surface area (Å²) >= 11 is 0. The van der Waals surface area contributed by atoms with Crippen LogP contribution in [0.5, 0.6) is 0 Å². The maximum atomic E-state index is 3.62. The van der Waals surface area contributed by atoms with E-state index in [1.165, 1.54) is 38.8 Å². The summed E-state index contributed by atoms with van der Waals surface area (Å²) in [6, 6.07) is 0.707. The first kappa shape index (κ1) is 12.0. The predicted molar refractivity (Wildman–Crippen MR) is 64.5 cm³/mol. The summed E-state index contributed by atoms with van der Waals surface area (Å²) in [5.74, 6) is 0. The van der Waals surface area contributed by atoms with E-state index in [9.17, 15) is 0 Å². The van der Waals surface area contributed by atoms with Gasteiger partial charge in [-0.3, -0.25) is 10.2 Å². The summed E-state index contributed by atoms with van der Waals surface area (Å²) in [7, 11) is 0. The Morgan fingerprint density at radius 3 is 2.21 bits per heavy atom. The summed E-state index contributed by atoms with van der Waals surface area (Å²) in [6.45, 7) is 11.1. The molecule has 2 aliphatic rings. The Kier molecular flexibility index (Phi) is 4.39.